The molecule has 2 rings (SSSR count). The van der Waals surface area contributed by atoms with E-state index in [1.54, 1.807) is 12.1 Å². The predicted molar refractivity (Wildman–Crippen MR) is 95.1 cm³/mol. The van der Waals surface area contributed by atoms with Crippen LogP contribution in [0.4, 0.5) is 0 Å². The van der Waals surface area contributed by atoms with Gasteiger partial charge in [0.25, 0.3) is 0 Å². The first-order chi connectivity index (χ1) is 11.9. The Labute approximate surface area is 148 Å². The van der Waals surface area contributed by atoms with Crippen LogP contribution in [0.2, 0.25) is 0 Å². The summed E-state index contributed by atoms with van der Waals surface area (Å²) < 4.78 is 31.7. The van der Waals surface area contributed by atoms with Crippen LogP contribution in [0.1, 0.15) is 51.0 Å². The molecule has 1 aliphatic rings. The van der Waals surface area contributed by atoms with Gasteiger partial charge >= 0.3 is 5.97 Å². The highest BCUT2D eigenvalue weighted by Gasteiger charge is 2.25. The summed E-state index contributed by atoms with van der Waals surface area (Å²) in [6, 6.07) is 6.01. The third-order valence-corrected chi connectivity index (χ3v) is 5.56. The van der Waals surface area contributed by atoms with Gasteiger partial charge in [0, 0.05) is 18.2 Å². The van der Waals surface area contributed by atoms with E-state index < -0.39 is 22.3 Å². The first-order valence-corrected chi connectivity index (χ1v) is 10.1. The number of sulfonamides is 1. The number of nitrogens with one attached hydrogen (secondary N) is 1. The van der Waals surface area contributed by atoms with Crippen molar-refractivity contribution >= 4 is 21.6 Å². The van der Waals surface area contributed by atoms with Gasteiger partial charge in [-0.05, 0) is 24.1 Å². The van der Waals surface area contributed by atoms with Crippen molar-refractivity contribution in [1.29, 1.82) is 0 Å². The lowest BCUT2D eigenvalue weighted by atomic mass is 10.1. The number of aliphatic hydroxyl groups excluding tert-OH is 1. The average Bonchev–Trinajstić information content (AvgIpc) is 2.92. The molecular weight excluding hydrogens is 342 g/mol. The van der Waals surface area contributed by atoms with E-state index in [1.165, 1.54) is 37.5 Å². The Morgan fingerprint density at radius 1 is 1.08 bits per heavy atom. The number of hydrogen-bond donors (Lipinski definition) is 2. The molecule has 1 atom stereocenters. The zero-order valence-corrected chi connectivity index (χ0v) is 15.2. The Morgan fingerprint density at radius 3 is 2.32 bits per heavy atom. The van der Waals surface area contributed by atoms with Gasteiger partial charge in [0.2, 0.25) is 16.3 Å². The Bertz CT molecular complexity index is 709. The molecule has 0 fully saturated rings. The molecule has 1 unspecified atom stereocenters. The highest BCUT2D eigenvalue weighted by atomic mass is 32.2. The van der Waals surface area contributed by atoms with Crippen molar-refractivity contribution in [2.75, 3.05) is 6.54 Å². The first-order valence-electron chi connectivity index (χ1n) is 8.64. The predicted octanol–water partition coefficient (Wildman–Crippen LogP) is 2.58. The van der Waals surface area contributed by atoms with Crippen molar-refractivity contribution in [1.82, 2.24) is 4.72 Å². The van der Waals surface area contributed by atoms with E-state index in [-0.39, 0.29) is 4.90 Å². The Balaban J connectivity index is 1.88. The lowest BCUT2D eigenvalue weighted by molar-refractivity contribution is -0.149. The molecule has 0 aliphatic carbocycles. The number of rotatable bonds is 10. The van der Waals surface area contributed by atoms with E-state index in [1.807, 2.05) is 0 Å². The van der Waals surface area contributed by atoms with Gasteiger partial charge in [-0.2, -0.15) is 0 Å². The Hall–Kier alpha value is -1.70. The zero-order chi connectivity index (χ0) is 18.3. The van der Waals surface area contributed by atoms with Gasteiger partial charge in [-0.25, -0.2) is 17.9 Å². The molecule has 1 heterocycles. The number of aliphatic hydroxyl groups is 1. The van der Waals surface area contributed by atoms with Gasteiger partial charge in [-0.3, -0.25) is 0 Å². The highest BCUT2D eigenvalue weighted by molar-refractivity contribution is 7.89. The van der Waals surface area contributed by atoms with Crippen LogP contribution < -0.4 is 4.72 Å². The number of ether oxygens (including phenoxy) is 1. The van der Waals surface area contributed by atoms with E-state index in [0.717, 1.165) is 19.3 Å². The van der Waals surface area contributed by atoms with Gasteiger partial charge < -0.3 is 9.84 Å². The molecular formula is C18H25NO5S. The summed E-state index contributed by atoms with van der Waals surface area (Å²) in [5.41, 5.74) is 0.877. The van der Waals surface area contributed by atoms with Crippen LogP contribution in [0, 0.1) is 0 Å². The fraction of sp³-hybridized carbons (Fsp3) is 0.500. The van der Waals surface area contributed by atoms with Crippen LogP contribution in [0.25, 0.3) is 5.57 Å². The van der Waals surface area contributed by atoms with Gasteiger partial charge in [-0.15, -0.1) is 0 Å². The van der Waals surface area contributed by atoms with Gasteiger partial charge in [-0.1, -0.05) is 51.2 Å². The summed E-state index contributed by atoms with van der Waals surface area (Å²) in [6.07, 6.45) is 6.46. The molecule has 2 N–H and O–H groups in total. The Kier molecular flexibility index (Phi) is 7.16. The van der Waals surface area contributed by atoms with Crippen molar-refractivity contribution in [3.8, 4) is 0 Å². The fourth-order valence-corrected chi connectivity index (χ4v) is 3.73. The van der Waals surface area contributed by atoms with Crippen molar-refractivity contribution in [2.24, 2.45) is 0 Å². The summed E-state index contributed by atoms with van der Waals surface area (Å²) in [6.45, 7) is 2.58. The number of cyclic esters (lactones) is 1. The topological polar surface area (TPSA) is 92.7 Å². The lowest BCUT2D eigenvalue weighted by Crippen LogP contribution is -2.24. The van der Waals surface area contributed by atoms with E-state index in [9.17, 15) is 18.3 Å². The number of unbranched alkanes of at least 4 members (excludes halogenated alkanes) is 5. The minimum atomic E-state index is -3.55. The summed E-state index contributed by atoms with van der Waals surface area (Å²) in [5, 5.41) is 9.62. The summed E-state index contributed by atoms with van der Waals surface area (Å²) in [4.78, 5) is 11.3. The van der Waals surface area contributed by atoms with E-state index >= 15 is 0 Å². The molecule has 25 heavy (non-hydrogen) atoms. The smallest absolute Gasteiger partial charge is 0.333 e. The van der Waals surface area contributed by atoms with Crippen LogP contribution in [-0.4, -0.2) is 32.3 Å². The van der Waals surface area contributed by atoms with Crippen LogP contribution in [-0.2, 0) is 19.6 Å². The second kappa shape index (κ2) is 9.12. The van der Waals surface area contributed by atoms with E-state index in [4.69, 9.17) is 0 Å². The summed E-state index contributed by atoms with van der Waals surface area (Å²) in [5.74, 6) is -0.611. The van der Waals surface area contributed by atoms with Gasteiger partial charge in [0.05, 0.1) is 4.90 Å². The molecule has 0 amide bonds. The molecule has 0 radical (unpaired) electrons. The van der Waals surface area contributed by atoms with Crippen molar-refractivity contribution in [3.63, 3.8) is 0 Å². The third kappa shape index (κ3) is 5.66. The normalized spacial score (nSPS) is 17.4. The molecule has 7 heteroatoms. The second-order valence-electron chi connectivity index (χ2n) is 6.08. The van der Waals surface area contributed by atoms with Crippen LogP contribution in [0.5, 0.6) is 0 Å². The van der Waals surface area contributed by atoms with Gasteiger partial charge in [0.1, 0.15) is 0 Å². The maximum atomic E-state index is 12.3. The molecule has 0 spiro atoms. The van der Waals surface area contributed by atoms with Gasteiger partial charge in [0.15, 0.2) is 0 Å². The summed E-state index contributed by atoms with van der Waals surface area (Å²) >= 11 is 0. The Morgan fingerprint density at radius 2 is 1.72 bits per heavy atom. The SMILES string of the molecule is CCCCCCCCNS(=O)(=O)c1ccc(C2=CC(=O)OC2O)cc1. The van der Waals surface area contributed by atoms with E-state index in [2.05, 4.69) is 16.4 Å². The molecule has 6 nitrogen and oxygen atoms in total. The fourth-order valence-electron chi connectivity index (χ4n) is 2.65. The highest BCUT2D eigenvalue weighted by Crippen LogP contribution is 2.25. The van der Waals surface area contributed by atoms with Crippen LogP contribution >= 0.6 is 0 Å². The standard InChI is InChI=1S/C18H25NO5S/c1-2-3-4-5-6-7-12-19-25(22,23)15-10-8-14(9-11-15)16-13-17(20)24-18(16)21/h8-11,13,18-19,21H,2-7,12H2,1H3. The van der Waals surface area contributed by atoms with Crippen molar-refractivity contribution in [2.45, 2.75) is 56.6 Å². The maximum Gasteiger partial charge on any atom is 0.333 e. The quantitative estimate of drug-likeness (QED) is 0.490. The molecule has 0 saturated heterocycles. The van der Waals surface area contributed by atoms with Crippen LogP contribution in [0.15, 0.2) is 35.2 Å². The maximum absolute atomic E-state index is 12.3. The van der Waals surface area contributed by atoms with Crippen molar-refractivity contribution < 1.29 is 23.1 Å². The van der Waals surface area contributed by atoms with Crippen molar-refractivity contribution in [3.05, 3.63) is 35.9 Å². The van der Waals surface area contributed by atoms with E-state index in [0.29, 0.717) is 17.7 Å². The largest absolute Gasteiger partial charge is 0.428 e. The second-order valence-corrected chi connectivity index (χ2v) is 7.85. The minimum Gasteiger partial charge on any atom is -0.428 e. The molecule has 1 aliphatic heterocycles. The molecule has 138 valence electrons. The minimum absolute atomic E-state index is 0.155. The average molecular weight is 367 g/mol. The number of benzene rings is 1. The number of carbonyl (C=O) groups excluding carboxylic acids is 1. The molecule has 0 saturated carbocycles. The van der Waals surface area contributed by atoms with Crippen LogP contribution in [0.3, 0.4) is 0 Å². The molecule has 1 aromatic rings. The first kappa shape index (κ1) is 19.6. The molecule has 0 aromatic heterocycles. The molecule has 0 bridgehead atoms. The summed E-state index contributed by atoms with van der Waals surface area (Å²) in [7, 11) is -3.55. The number of carbonyl (C=O) groups is 1. The zero-order valence-electron chi connectivity index (χ0n) is 14.4. The lowest BCUT2D eigenvalue weighted by Gasteiger charge is -2.10. The third-order valence-electron chi connectivity index (χ3n) is 4.09. The number of esters is 1. The molecule has 1 aromatic carbocycles. The monoisotopic (exact) mass is 367 g/mol. The number of hydrogen-bond acceptors (Lipinski definition) is 5.